The largest absolute Gasteiger partial charge is 0.483 e. The topological polar surface area (TPSA) is 73.6 Å². The molecule has 1 aromatic rings. The SMILES string of the molecule is CNCc1ccc(OC2CCCC(OC)C2)c([N+](=O)[O-])c1. The molecule has 2 unspecified atom stereocenters. The summed E-state index contributed by atoms with van der Waals surface area (Å²) in [6, 6.07) is 5.12. The van der Waals surface area contributed by atoms with E-state index in [9.17, 15) is 10.1 Å². The Balaban J connectivity index is 2.13. The van der Waals surface area contributed by atoms with E-state index in [-0.39, 0.29) is 22.8 Å². The fourth-order valence-corrected chi connectivity index (χ4v) is 2.72. The van der Waals surface area contributed by atoms with Gasteiger partial charge < -0.3 is 14.8 Å². The molecule has 0 aliphatic heterocycles. The summed E-state index contributed by atoms with van der Waals surface area (Å²) >= 11 is 0. The molecule has 0 heterocycles. The Kier molecular flexibility index (Phi) is 5.52. The van der Waals surface area contributed by atoms with Crippen LogP contribution in [0.25, 0.3) is 0 Å². The summed E-state index contributed by atoms with van der Waals surface area (Å²) in [5.74, 6) is 0.349. The summed E-state index contributed by atoms with van der Waals surface area (Å²) < 4.78 is 11.2. The van der Waals surface area contributed by atoms with Crippen LogP contribution in [0.5, 0.6) is 5.75 Å². The zero-order chi connectivity index (χ0) is 15.2. The molecule has 0 radical (unpaired) electrons. The van der Waals surface area contributed by atoms with E-state index in [1.807, 2.05) is 13.1 Å². The number of hydrogen-bond donors (Lipinski definition) is 1. The highest BCUT2D eigenvalue weighted by molar-refractivity contribution is 5.48. The van der Waals surface area contributed by atoms with Crippen LogP contribution in [0.1, 0.15) is 31.2 Å². The summed E-state index contributed by atoms with van der Waals surface area (Å²) in [7, 11) is 3.51. The van der Waals surface area contributed by atoms with Gasteiger partial charge >= 0.3 is 5.69 Å². The molecule has 2 rings (SSSR count). The van der Waals surface area contributed by atoms with Crippen LogP contribution in [0, 0.1) is 10.1 Å². The Morgan fingerprint density at radius 3 is 2.81 bits per heavy atom. The van der Waals surface area contributed by atoms with Crippen molar-refractivity contribution < 1.29 is 14.4 Å². The molecule has 116 valence electrons. The van der Waals surface area contributed by atoms with E-state index in [2.05, 4.69) is 5.32 Å². The van der Waals surface area contributed by atoms with E-state index in [0.29, 0.717) is 12.3 Å². The molecule has 2 atom stereocenters. The first kappa shape index (κ1) is 15.7. The second-order valence-electron chi connectivity index (χ2n) is 5.35. The van der Waals surface area contributed by atoms with Crippen molar-refractivity contribution in [2.45, 2.75) is 44.4 Å². The lowest BCUT2D eigenvalue weighted by atomic mass is 9.95. The van der Waals surface area contributed by atoms with Crippen molar-refractivity contribution in [3.63, 3.8) is 0 Å². The average molecular weight is 294 g/mol. The number of nitrogens with one attached hydrogen (secondary N) is 1. The van der Waals surface area contributed by atoms with Gasteiger partial charge in [0.25, 0.3) is 0 Å². The average Bonchev–Trinajstić information content (AvgIpc) is 2.49. The second-order valence-corrected chi connectivity index (χ2v) is 5.35. The Bertz CT molecular complexity index is 493. The fraction of sp³-hybridized carbons (Fsp3) is 0.600. The molecule has 1 N–H and O–H groups in total. The van der Waals surface area contributed by atoms with Crippen LogP contribution in [0.15, 0.2) is 18.2 Å². The van der Waals surface area contributed by atoms with Crippen molar-refractivity contribution >= 4 is 5.69 Å². The monoisotopic (exact) mass is 294 g/mol. The summed E-state index contributed by atoms with van der Waals surface area (Å²) in [6.07, 6.45) is 3.92. The predicted molar refractivity (Wildman–Crippen MR) is 79.5 cm³/mol. The van der Waals surface area contributed by atoms with Gasteiger partial charge in [0.2, 0.25) is 0 Å². The summed E-state index contributed by atoms with van der Waals surface area (Å²) in [5.41, 5.74) is 0.900. The van der Waals surface area contributed by atoms with Gasteiger partial charge in [0.05, 0.1) is 11.0 Å². The van der Waals surface area contributed by atoms with Gasteiger partial charge in [0.15, 0.2) is 5.75 Å². The van der Waals surface area contributed by atoms with E-state index in [1.165, 1.54) is 0 Å². The van der Waals surface area contributed by atoms with Crippen molar-refractivity contribution in [3.05, 3.63) is 33.9 Å². The minimum absolute atomic E-state index is 0.0162. The van der Waals surface area contributed by atoms with E-state index < -0.39 is 0 Å². The number of nitrogens with zero attached hydrogens (tertiary/aromatic N) is 1. The van der Waals surface area contributed by atoms with Crippen LogP contribution in [-0.4, -0.2) is 31.3 Å². The van der Waals surface area contributed by atoms with Crippen molar-refractivity contribution in [1.29, 1.82) is 0 Å². The second kappa shape index (κ2) is 7.38. The molecular formula is C15H22N2O4. The summed E-state index contributed by atoms with van der Waals surface area (Å²) in [4.78, 5) is 10.8. The molecule has 1 aromatic carbocycles. The number of ether oxygens (including phenoxy) is 2. The smallest absolute Gasteiger partial charge is 0.311 e. The van der Waals surface area contributed by atoms with Crippen LogP contribution >= 0.6 is 0 Å². The molecule has 1 saturated carbocycles. The number of nitro benzene ring substituents is 1. The van der Waals surface area contributed by atoms with Gasteiger partial charge in [-0.15, -0.1) is 0 Å². The minimum atomic E-state index is -0.384. The molecule has 0 spiro atoms. The number of nitro groups is 1. The fourth-order valence-electron chi connectivity index (χ4n) is 2.72. The third-order valence-electron chi connectivity index (χ3n) is 3.81. The van der Waals surface area contributed by atoms with Gasteiger partial charge in [0.1, 0.15) is 6.10 Å². The highest BCUT2D eigenvalue weighted by Crippen LogP contribution is 2.32. The molecule has 6 heteroatoms. The maximum Gasteiger partial charge on any atom is 0.311 e. The van der Waals surface area contributed by atoms with E-state index in [0.717, 1.165) is 31.2 Å². The highest BCUT2D eigenvalue weighted by atomic mass is 16.6. The molecule has 0 bridgehead atoms. The van der Waals surface area contributed by atoms with Crippen molar-refractivity contribution in [2.24, 2.45) is 0 Å². The Labute approximate surface area is 124 Å². The predicted octanol–water partition coefficient (Wildman–Crippen LogP) is 2.65. The van der Waals surface area contributed by atoms with Crippen molar-refractivity contribution in [1.82, 2.24) is 5.32 Å². The molecular weight excluding hydrogens is 272 g/mol. The summed E-state index contributed by atoms with van der Waals surface area (Å²) in [5, 5.41) is 14.2. The maximum absolute atomic E-state index is 11.2. The van der Waals surface area contributed by atoms with Crippen LogP contribution in [0.3, 0.4) is 0 Å². The lowest BCUT2D eigenvalue weighted by molar-refractivity contribution is -0.386. The van der Waals surface area contributed by atoms with Crippen LogP contribution < -0.4 is 10.1 Å². The van der Waals surface area contributed by atoms with E-state index in [1.54, 1.807) is 19.2 Å². The molecule has 0 saturated heterocycles. The Morgan fingerprint density at radius 1 is 1.38 bits per heavy atom. The molecule has 21 heavy (non-hydrogen) atoms. The van der Waals surface area contributed by atoms with Gasteiger partial charge in [-0.3, -0.25) is 10.1 Å². The number of methoxy groups -OCH3 is 1. The molecule has 1 aliphatic carbocycles. The quantitative estimate of drug-likeness (QED) is 0.645. The van der Waals surface area contributed by atoms with Crippen LogP contribution in [0.4, 0.5) is 5.69 Å². The number of rotatable bonds is 6. The highest BCUT2D eigenvalue weighted by Gasteiger charge is 2.26. The lowest BCUT2D eigenvalue weighted by Crippen LogP contribution is -2.29. The van der Waals surface area contributed by atoms with Crippen molar-refractivity contribution in [3.8, 4) is 5.75 Å². The van der Waals surface area contributed by atoms with E-state index >= 15 is 0 Å². The van der Waals surface area contributed by atoms with Gasteiger partial charge in [-0.25, -0.2) is 0 Å². The Morgan fingerprint density at radius 2 is 2.14 bits per heavy atom. The van der Waals surface area contributed by atoms with Crippen LogP contribution in [0.2, 0.25) is 0 Å². The van der Waals surface area contributed by atoms with Gasteiger partial charge in [-0.1, -0.05) is 6.07 Å². The molecule has 1 aliphatic rings. The molecule has 0 amide bonds. The standard InChI is InChI=1S/C15H22N2O4/c1-16-10-11-6-7-15(14(8-11)17(18)19)21-13-5-3-4-12(9-13)20-2/h6-8,12-13,16H,3-5,9-10H2,1-2H3. The lowest BCUT2D eigenvalue weighted by Gasteiger charge is -2.28. The van der Waals surface area contributed by atoms with Crippen LogP contribution in [-0.2, 0) is 11.3 Å². The Hall–Kier alpha value is -1.66. The third-order valence-corrected chi connectivity index (χ3v) is 3.81. The minimum Gasteiger partial charge on any atom is -0.483 e. The molecule has 6 nitrogen and oxygen atoms in total. The zero-order valence-electron chi connectivity index (χ0n) is 12.5. The maximum atomic E-state index is 11.2. The van der Waals surface area contributed by atoms with Crippen molar-refractivity contribution in [2.75, 3.05) is 14.2 Å². The van der Waals surface area contributed by atoms with Gasteiger partial charge in [0, 0.05) is 26.1 Å². The first-order valence-electron chi connectivity index (χ1n) is 7.25. The number of hydrogen-bond acceptors (Lipinski definition) is 5. The van der Waals surface area contributed by atoms with E-state index in [4.69, 9.17) is 9.47 Å². The first-order chi connectivity index (χ1) is 10.1. The number of benzene rings is 1. The third kappa shape index (κ3) is 4.15. The van der Waals surface area contributed by atoms with Gasteiger partial charge in [-0.05, 0) is 37.9 Å². The normalized spacial score (nSPS) is 22.0. The molecule has 0 aromatic heterocycles. The van der Waals surface area contributed by atoms with Gasteiger partial charge in [-0.2, -0.15) is 0 Å². The molecule has 1 fully saturated rings. The summed E-state index contributed by atoms with van der Waals surface area (Å²) in [6.45, 7) is 0.594. The first-order valence-corrected chi connectivity index (χ1v) is 7.25. The zero-order valence-corrected chi connectivity index (χ0v) is 12.5.